The fraction of sp³-hybridized carbons (Fsp3) is 0.364. The van der Waals surface area contributed by atoms with E-state index in [0.717, 1.165) is 18.8 Å². The summed E-state index contributed by atoms with van der Waals surface area (Å²) in [4.78, 5) is 14.6. The first kappa shape index (κ1) is 13.0. The Kier molecular flexibility index (Phi) is 4.33. The lowest BCUT2D eigenvalue weighted by Gasteiger charge is -2.18. The lowest BCUT2D eigenvalue weighted by molar-refractivity contribution is 0.814. The molecule has 0 atom stereocenters. The van der Waals surface area contributed by atoms with E-state index in [2.05, 4.69) is 20.3 Å². The van der Waals surface area contributed by atoms with Gasteiger partial charge in [-0.1, -0.05) is 0 Å². The van der Waals surface area contributed by atoms with Crippen LogP contribution in [-0.2, 0) is 0 Å². The standard InChI is InChI=1S/C11H14ClN5S/c1-3-17(4-2)11-15-9(12)14-10(16-11)13-8-5-6-18-7-8/h5-7H,3-4H2,1-2H3,(H,13,14,15,16). The molecular formula is C11H14ClN5S. The average Bonchev–Trinajstić information content (AvgIpc) is 2.83. The van der Waals surface area contributed by atoms with Crippen molar-refractivity contribution in [1.82, 2.24) is 15.0 Å². The highest BCUT2D eigenvalue weighted by atomic mass is 35.5. The highest BCUT2D eigenvalue weighted by Gasteiger charge is 2.10. The normalized spacial score (nSPS) is 10.4. The van der Waals surface area contributed by atoms with E-state index in [0.29, 0.717) is 11.9 Å². The molecule has 2 aromatic heterocycles. The largest absolute Gasteiger partial charge is 0.341 e. The summed E-state index contributed by atoms with van der Waals surface area (Å²) in [5.74, 6) is 1.06. The number of thiophene rings is 1. The molecule has 0 aliphatic rings. The lowest BCUT2D eigenvalue weighted by atomic mass is 10.5. The smallest absolute Gasteiger partial charge is 0.233 e. The quantitative estimate of drug-likeness (QED) is 0.913. The molecule has 0 fully saturated rings. The van der Waals surface area contributed by atoms with Gasteiger partial charge in [-0.25, -0.2) is 0 Å². The highest BCUT2D eigenvalue weighted by Crippen LogP contribution is 2.19. The monoisotopic (exact) mass is 283 g/mol. The first-order valence-electron chi connectivity index (χ1n) is 5.68. The molecule has 7 heteroatoms. The number of halogens is 1. The van der Waals surface area contributed by atoms with Gasteiger partial charge in [0.2, 0.25) is 17.2 Å². The van der Waals surface area contributed by atoms with Gasteiger partial charge in [-0.05, 0) is 36.9 Å². The van der Waals surface area contributed by atoms with Crippen LogP contribution in [0, 0.1) is 0 Å². The van der Waals surface area contributed by atoms with E-state index in [-0.39, 0.29) is 5.28 Å². The molecule has 0 aromatic carbocycles. The second-order valence-electron chi connectivity index (χ2n) is 3.54. The molecule has 0 aliphatic heterocycles. The topological polar surface area (TPSA) is 53.9 Å². The second kappa shape index (κ2) is 5.97. The van der Waals surface area contributed by atoms with Crippen molar-refractivity contribution in [2.45, 2.75) is 13.8 Å². The number of hydrogen-bond donors (Lipinski definition) is 1. The van der Waals surface area contributed by atoms with Crippen LogP contribution in [0.1, 0.15) is 13.8 Å². The molecule has 2 aromatic rings. The zero-order chi connectivity index (χ0) is 13.0. The van der Waals surface area contributed by atoms with Gasteiger partial charge < -0.3 is 10.2 Å². The third kappa shape index (κ3) is 3.08. The summed E-state index contributed by atoms with van der Waals surface area (Å²) in [6.07, 6.45) is 0. The second-order valence-corrected chi connectivity index (χ2v) is 4.66. The lowest BCUT2D eigenvalue weighted by Crippen LogP contribution is -2.24. The molecule has 0 unspecified atom stereocenters. The van der Waals surface area contributed by atoms with Crippen LogP contribution in [0.4, 0.5) is 17.6 Å². The zero-order valence-corrected chi connectivity index (χ0v) is 11.8. The minimum atomic E-state index is 0.199. The van der Waals surface area contributed by atoms with Gasteiger partial charge in [0.15, 0.2) is 0 Å². The predicted molar refractivity (Wildman–Crippen MR) is 76.0 cm³/mol. The van der Waals surface area contributed by atoms with E-state index in [4.69, 9.17) is 11.6 Å². The van der Waals surface area contributed by atoms with Crippen molar-refractivity contribution >= 4 is 40.5 Å². The molecule has 0 saturated carbocycles. The Morgan fingerprint density at radius 1 is 1.28 bits per heavy atom. The van der Waals surface area contributed by atoms with Gasteiger partial charge >= 0.3 is 0 Å². The fourth-order valence-electron chi connectivity index (χ4n) is 1.51. The molecule has 2 heterocycles. The molecule has 96 valence electrons. The van der Waals surface area contributed by atoms with Gasteiger partial charge in [0, 0.05) is 18.5 Å². The fourth-order valence-corrected chi connectivity index (χ4v) is 2.25. The Bertz CT molecular complexity index is 498. The minimum absolute atomic E-state index is 0.199. The van der Waals surface area contributed by atoms with Crippen molar-refractivity contribution in [1.29, 1.82) is 0 Å². The third-order valence-corrected chi connectivity index (χ3v) is 3.27. The van der Waals surface area contributed by atoms with Gasteiger partial charge in [0.25, 0.3) is 0 Å². The Balaban J connectivity index is 2.26. The molecule has 0 amide bonds. The van der Waals surface area contributed by atoms with Crippen LogP contribution < -0.4 is 10.2 Å². The van der Waals surface area contributed by atoms with Gasteiger partial charge in [-0.3, -0.25) is 0 Å². The van der Waals surface area contributed by atoms with Crippen LogP contribution in [0.3, 0.4) is 0 Å². The number of aromatic nitrogens is 3. The van der Waals surface area contributed by atoms with E-state index in [1.807, 2.05) is 35.6 Å². The maximum atomic E-state index is 5.92. The number of nitrogens with one attached hydrogen (secondary N) is 1. The van der Waals surface area contributed by atoms with Crippen molar-refractivity contribution in [3.05, 3.63) is 22.1 Å². The van der Waals surface area contributed by atoms with Crippen LogP contribution in [0.2, 0.25) is 5.28 Å². The number of hydrogen-bond acceptors (Lipinski definition) is 6. The van der Waals surface area contributed by atoms with E-state index < -0.39 is 0 Å². The third-order valence-electron chi connectivity index (χ3n) is 2.42. The summed E-state index contributed by atoms with van der Waals surface area (Å²) >= 11 is 7.53. The van der Waals surface area contributed by atoms with Crippen LogP contribution in [-0.4, -0.2) is 28.0 Å². The Morgan fingerprint density at radius 2 is 2.06 bits per heavy atom. The van der Waals surface area contributed by atoms with E-state index in [1.165, 1.54) is 0 Å². The molecule has 0 saturated heterocycles. The van der Waals surface area contributed by atoms with Crippen molar-refractivity contribution in [2.24, 2.45) is 0 Å². The first-order valence-corrected chi connectivity index (χ1v) is 7.00. The average molecular weight is 284 g/mol. The molecule has 0 bridgehead atoms. The van der Waals surface area contributed by atoms with E-state index in [9.17, 15) is 0 Å². The Labute approximate surface area is 115 Å². The number of anilines is 3. The van der Waals surface area contributed by atoms with Crippen molar-refractivity contribution in [3.8, 4) is 0 Å². The van der Waals surface area contributed by atoms with Crippen LogP contribution in [0.15, 0.2) is 16.8 Å². The van der Waals surface area contributed by atoms with Crippen LogP contribution in [0.5, 0.6) is 0 Å². The molecule has 0 spiro atoms. The van der Waals surface area contributed by atoms with Crippen molar-refractivity contribution in [2.75, 3.05) is 23.3 Å². The Morgan fingerprint density at radius 3 is 2.67 bits per heavy atom. The summed E-state index contributed by atoms with van der Waals surface area (Å²) in [7, 11) is 0. The summed E-state index contributed by atoms with van der Waals surface area (Å²) in [6.45, 7) is 5.75. The molecule has 2 rings (SSSR count). The molecule has 0 radical (unpaired) electrons. The number of rotatable bonds is 5. The summed E-state index contributed by atoms with van der Waals surface area (Å²) in [5.41, 5.74) is 0.952. The van der Waals surface area contributed by atoms with E-state index >= 15 is 0 Å². The van der Waals surface area contributed by atoms with E-state index in [1.54, 1.807) is 11.3 Å². The summed E-state index contributed by atoms with van der Waals surface area (Å²) < 4.78 is 0. The molecule has 18 heavy (non-hydrogen) atoms. The highest BCUT2D eigenvalue weighted by molar-refractivity contribution is 7.08. The van der Waals surface area contributed by atoms with Crippen molar-refractivity contribution < 1.29 is 0 Å². The molecule has 0 aliphatic carbocycles. The summed E-state index contributed by atoms with van der Waals surface area (Å²) in [6, 6.07) is 1.96. The first-order chi connectivity index (χ1) is 8.72. The van der Waals surface area contributed by atoms with Crippen LogP contribution in [0.25, 0.3) is 0 Å². The maximum absolute atomic E-state index is 5.92. The SMILES string of the molecule is CCN(CC)c1nc(Cl)nc(Nc2ccsc2)n1. The number of nitrogens with zero attached hydrogens (tertiary/aromatic N) is 4. The maximum Gasteiger partial charge on any atom is 0.233 e. The minimum Gasteiger partial charge on any atom is -0.341 e. The van der Waals surface area contributed by atoms with Gasteiger partial charge in [0.1, 0.15) is 0 Å². The predicted octanol–water partition coefficient (Wildman–Crippen LogP) is 3.18. The van der Waals surface area contributed by atoms with Gasteiger partial charge in [-0.2, -0.15) is 26.3 Å². The van der Waals surface area contributed by atoms with Gasteiger partial charge in [0.05, 0.1) is 5.69 Å². The zero-order valence-electron chi connectivity index (χ0n) is 10.2. The Hall–Kier alpha value is -1.40. The van der Waals surface area contributed by atoms with Crippen LogP contribution >= 0.6 is 22.9 Å². The molecular weight excluding hydrogens is 270 g/mol. The van der Waals surface area contributed by atoms with Gasteiger partial charge in [-0.15, -0.1) is 0 Å². The summed E-state index contributed by atoms with van der Waals surface area (Å²) in [5, 5.41) is 7.27. The molecule has 1 N–H and O–H groups in total. The van der Waals surface area contributed by atoms with Crippen molar-refractivity contribution in [3.63, 3.8) is 0 Å². The molecule has 5 nitrogen and oxygen atoms in total.